The Hall–Kier alpha value is -2.58. The van der Waals surface area contributed by atoms with Gasteiger partial charge in [-0.25, -0.2) is 0 Å². The first kappa shape index (κ1) is 17.8. The molecule has 0 unspecified atom stereocenters. The van der Waals surface area contributed by atoms with Gasteiger partial charge in [0.25, 0.3) is 0 Å². The molecule has 1 N–H and O–H groups in total. The van der Waals surface area contributed by atoms with Gasteiger partial charge in [0, 0.05) is 33.7 Å². The maximum absolute atomic E-state index is 11.8. The molecule has 144 valence electrons. The molecule has 1 atom stereocenters. The largest absolute Gasteiger partial charge is 0.454 e. The third-order valence-electron chi connectivity index (χ3n) is 4.95. The van der Waals surface area contributed by atoms with E-state index in [1.54, 1.807) is 14.1 Å². The van der Waals surface area contributed by atoms with E-state index in [4.69, 9.17) is 9.47 Å². The number of ether oxygens (including phenoxy) is 2. The molecule has 0 radical (unpaired) electrons. The molecule has 2 aromatic rings. The predicted molar refractivity (Wildman–Crippen MR) is 97.2 cm³/mol. The second kappa shape index (κ2) is 7.21. The highest BCUT2D eigenvalue weighted by atomic mass is 16.7. The van der Waals surface area contributed by atoms with Crippen LogP contribution >= 0.6 is 0 Å². The van der Waals surface area contributed by atoms with Gasteiger partial charge in [0.05, 0.1) is 24.4 Å². The van der Waals surface area contributed by atoms with Gasteiger partial charge >= 0.3 is 0 Å². The Kier molecular flexibility index (Phi) is 4.75. The zero-order valence-electron chi connectivity index (χ0n) is 15.6. The zero-order valence-corrected chi connectivity index (χ0v) is 15.6. The Morgan fingerprint density at radius 2 is 2.07 bits per heavy atom. The molecule has 2 aliphatic rings. The van der Waals surface area contributed by atoms with Gasteiger partial charge in [0.1, 0.15) is 6.10 Å². The van der Waals surface area contributed by atoms with Crippen LogP contribution in [-0.2, 0) is 24.4 Å². The summed E-state index contributed by atoms with van der Waals surface area (Å²) in [6.07, 6.45) is -0.829. The summed E-state index contributed by atoms with van der Waals surface area (Å²) >= 11 is 0. The smallest absolute Gasteiger partial charge is 0.231 e. The van der Waals surface area contributed by atoms with Crippen molar-refractivity contribution >= 4 is 5.91 Å². The third-order valence-corrected chi connectivity index (χ3v) is 4.95. The Morgan fingerprint density at radius 3 is 2.89 bits per heavy atom. The van der Waals surface area contributed by atoms with Crippen molar-refractivity contribution in [3.63, 3.8) is 0 Å². The molecule has 1 aromatic carbocycles. The molecule has 4 rings (SSSR count). The predicted octanol–water partition coefficient (Wildman–Crippen LogP) is 1.14. The summed E-state index contributed by atoms with van der Waals surface area (Å²) in [7, 11) is 3.36. The van der Waals surface area contributed by atoms with E-state index in [0.29, 0.717) is 5.69 Å². The zero-order chi connectivity index (χ0) is 19.0. The Bertz CT molecular complexity index is 848. The molecule has 0 fully saturated rings. The SMILES string of the molecule is CN(C)C(=O)C[C@@H](O)c1cc2n(n1)CCN(Cc1ccc3c(c1)OCO3)C2. The molecule has 1 amide bonds. The van der Waals surface area contributed by atoms with Gasteiger partial charge in [-0.3, -0.25) is 14.4 Å². The summed E-state index contributed by atoms with van der Waals surface area (Å²) in [5.74, 6) is 1.48. The van der Waals surface area contributed by atoms with Crippen LogP contribution in [0.2, 0.25) is 0 Å². The van der Waals surface area contributed by atoms with Crippen LogP contribution in [0.4, 0.5) is 0 Å². The number of aliphatic hydroxyl groups is 1. The fourth-order valence-electron chi connectivity index (χ4n) is 3.39. The van der Waals surface area contributed by atoms with E-state index in [-0.39, 0.29) is 19.1 Å². The maximum atomic E-state index is 11.8. The molecule has 0 aliphatic carbocycles. The number of hydrogen-bond acceptors (Lipinski definition) is 6. The van der Waals surface area contributed by atoms with Gasteiger partial charge < -0.3 is 19.5 Å². The van der Waals surface area contributed by atoms with Gasteiger partial charge in [-0.15, -0.1) is 0 Å². The van der Waals surface area contributed by atoms with Gasteiger partial charge in [-0.05, 0) is 23.8 Å². The van der Waals surface area contributed by atoms with Gasteiger partial charge in [0.2, 0.25) is 12.7 Å². The van der Waals surface area contributed by atoms with Crippen molar-refractivity contribution in [1.29, 1.82) is 0 Å². The Balaban J connectivity index is 1.41. The highest BCUT2D eigenvalue weighted by molar-refractivity contribution is 5.76. The van der Waals surface area contributed by atoms with Crippen molar-refractivity contribution in [1.82, 2.24) is 19.6 Å². The first-order valence-corrected chi connectivity index (χ1v) is 9.05. The maximum Gasteiger partial charge on any atom is 0.231 e. The van der Waals surface area contributed by atoms with Crippen LogP contribution in [0, 0.1) is 0 Å². The summed E-state index contributed by atoms with van der Waals surface area (Å²) in [5, 5.41) is 14.8. The van der Waals surface area contributed by atoms with E-state index >= 15 is 0 Å². The highest BCUT2D eigenvalue weighted by Crippen LogP contribution is 2.33. The number of fused-ring (bicyclic) bond motifs is 2. The molecule has 8 nitrogen and oxygen atoms in total. The number of amides is 1. The molecule has 27 heavy (non-hydrogen) atoms. The summed E-state index contributed by atoms with van der Waals surface area (Å²) in [4.78, 5) is 15.6. The van der Waals surface area contributed by atoms with E-state index in [1.807, 2.05) is 22.9 Å². The lowest BCUT2D eigenvalue weighted by molar-refractivity contribution is -0.130. The van der Waals surface area contributed by atoms with Gasteiger partial charge in [-0.1, -0.05) is 6.07 Å². The van der Waals surface area contributed by atoms with Gasteiger partial charge in [-0.2, -0.15) is 5.10 Å². The fourth-order valence-corrected chi connectivity index (χ4v) is 3.39. The normalized spacial score (nSPS) is 16.9. The molecule has 3 heterocycles. The molecule has 2 aliphatic heterocycles. The lowest BCUT2D eigenvalue weighted by Gasteiger charge is -2.27. The van der Waals surface area contributed by atoms with Crippen LogP contribution < -0.4 is 9.47 Å². The quantitative estimate of drug-likeness (QED) is 0.848. The molecule has 0 bridgehead atoms. The van der Waals surface area contributed by atoms with E-state index in [9.17, 15) is 9.90 Å². The summed E-state index contributed by atoms with van der Waals surface area (Å²) in [6.45, 7) is 3.46. The fraction of sp³-hybridized carbons (Fsp3) is 0.474. The monoisotopic (exact) mass is 372 g/mol. The third kappa shape index (κ3) is 3.77. The molecular weight excluding hydrogens is 348 g/mol. The number of carbonyl (C=O) groups is 1. The molecule has 0 saturated carbocycles. The van der Waals surface area contributed by atoms with Crippen molar-refractivity contribution in [2.24, 2.45) is 0 Å². The number of benzene rings is 1. The minimum atomic E-state index is -0.875. The summed E-state index contributed by atoms with van der Waals surface area (Å²) in [6, 6.07) is 7.93. The minimum absolute atomic E-state index is 0.0460. The van der Waals surface area contributed by atoms with Crippen LogP contribution in [-0.4, -0.2) is 58.0 Å². The minimum Gasteiger partial charge on any atom is -0.454 e. The van der Waals surface area contributed by atoms with Crippen molar-refractivity contribution in [3.8, 4) is 11.5 Å². The van der Waals surface area contributed by atoms with E-state index in [1.165, 1.54) is 10.5 Å². The molecule has 1 aromatic heterocycles. The molecular formula is C19H24N4O4. The van der Waals surface area contributed by atoms with Crippen LogP contribution in [0.25, 0.3) is 0 Å². The number of carbonyl (C=O) groups excluding carboxylic acids is 1. The lowest BCUT2D eigenvalue weighted by Crippen LogP contribution is -2.33. The number of nitrogens with zero attached hydrogens (tertiary/aromatic N) is 4. The lowest BCUT2D eigenvalue weighted by atomic mass is 10.1. The molecule has 0 spiro atoms. The second-order valence-corrected chi connectivity index (χ2v) is 7.19. The van der Waals surface area contributed by atoms with Crippen molar-refractivity contribution in [2.45, 2.75) is 32.2 Å². The first-order chi connectivity index (χ1) is 13.0. The molecule has 8 heteroatoms. The number of hydrogen-bond donors (Lipinski definition) is 1. The van der Waals surface area contributed by atoms with Crippen molar-refractivity contribution in [3.05, 3.63) is 41.2 Å². The number of rotatable bonds is 5. The first-order valence-electron chi connectivity index (χ1n) is 9.05. The van der Waals surface area contributed by atoms with Gasteiger partial charge in [0.15, 0.2) is 11.5 Å². The summed E-state index contributed by atoms with van der Waals surface area (Å²) < 4.78 is 12.7. The highest BCUT2D eigenvalue weighted by Gasteiger charge is 2.23. The average Bonchev–Trinajstić information content (AvgIpc) is 3.27. The standard InChI is InChI=1S/C19H24N4O4/c1-21(2)19(25)9-16(24)15-8-14-11-22(5-6-23(14)20-15)10-13-3-4-17-18(7-13)27-12-26-17/h3-4,7-8,16,24H,5-6,9-12H2,1-2H3/t16-/m1/s1. The van der Waals surface area contributed by atoms with Crippen LogP contribution in [0.5, 0.6) is 11.5 Å². The van der Waals surface area contributed by atoms with E-state index < -0.39 is 6.10 Å². The average molecular weight is 372 g/mol. The number of aliphatic hydroxyl groups excluding tert-OH is 1. The van der Waals surface area contributed by atoms with Crippen LogP contribution in [0.3, 0.4) is 0 Å². The van der Waals surface area contributed by atoms with E-state index in [2.05, 4.69) is 16.1 Å². The topological polar surface area (TPSA) is 80.1 Å². The second-order valence-electron chi connectivity index (χ2n) is 7.19. The Morgan fingerprint density at radius 1 is 1.26 bits per heavy atom. The van der Waals surface area contributed by atoms with Crippen molar-refractivity contribution in [2.75, 3.05) is 27.4 Å². The van der Waals surface area contributed by atoms with E-state index in [0.717, 1.165) is 43.4 Å². The molecule has 0 saturated heterocycles. The van der Waals surface area contributed by atoms with Crippen LogP contribution in [0.15, 0.2) is 24.3 Å². The van der Waals surface area contributed by atoms with Crippen molar-refractivity contribution < 1.29 is 19.4 Å². The summed E-state index contributed by atoms with van der Waals surface area (Å²) in [5.41, 5.74) is 2.78. The number of aromatic nitrogens is 2. The van der Waals surface area contributed by atoms with Crippen LogP contribution in [0.1, 0.15) is 29.5 Å². The Labute approximate surface area is 157 Å².